The zero-order valence-electron chi connectivity index (χ0n) is 10.6. The third-order valence-electron chi connectivity index (χ3n) is 2.46. The lowest BCUT2D eigenvalue weighted by molar-refractivity contribution is -0.140. The highest BCUT2D eigenvalue weighted by atomic mass is 79.9. The summed E-state index contributed by atoms with van der Waals surface area (Å²) in [5.41, 5.74) is 0.860. The molecule has 0 aliphatic rings. The molecule has 1 N–H and O–H groups in total. The Bertz CT molecular complexity index is 530. The maximum atomic E-state index is 11.7. The highest BCUT2D eigenvalue weighted by Gasteiger charge is 2.12. The Labute approximate surface area is 121 Å². The molecule has 0 saturated carbocycles. The molecular weight excluding hydrogens is 334 g/mol. The Hall–Kier alpha value is -0.920. The average Bonchev–Trinajstić information content (AvgIpc) is 2.37. The van der Waals surface area contributed by atoms with Crippen molar-refractivity contribution in [3.05, 3.63) is 34.3 Å². The zero-order valence-corrected chi connectivity index (χ0v) is 13.0. The van der Waals surface area contributed by atoms with Crippen LogP contribution in [0.4, 0.5) is 0 Å². The molecule has 0 saturated heterocycles. The minimum atomic E-state index is -3.38. The Morgan fingerprint density at radius 2 is 2.05 bits per heavy atom. The first-order valence-electron chi connectivity index (χ1n) is 5.72. The van der Waals surface area contributed by atoms with Gasteiger partial charge in [0.05, 0.1) is 12.9 Å². The molecule has 0 heterocycles. The molecule has 5 nitrogen and oxygen atoms in total. The molecular formula is C12H16BrNO4S. The fourth-order valence-corrected chi connectivity index (χ4v) is 2.88. The summed E-state index contributed by atoms with van der Waals surface area (Å²) in [6.45, 7) is 0.224. The van der Waals surface area contributed by atoms with Gasteiger partial charge in [-0.15, -0.1) is 0 Å². The van der Waals surface area contributed by atoms with E-state index in [4.69, 9.17) is 0 Å². The second kappa shape index (κ2) is 7.62. The van der Waals surface area contributed by atoms with Gasteiger partial charge < -0.3 is 4.74 Å². The Morgan fingerprint density at radius 3 is 2.68 bits per heavy atom. The second-order valence-electron chi connectivity index (χ2n) is 3.91. The van der Waals surface area contributed by atoms with E-state index < -0.39 is 16.0 Å². The molecule has 0 amide bonds. The molecule has 0 unspecified atom stereocenters. The number of hydrogen-bond donors (Lipinski definition) is 1. The molecule has 0 fully saturated rings. The maximum absolute atomic E-state index is 11.7. The first kappa shape index (κ1) is 16.1. The predicted molar refractivity (Wildman–Crippen MR) is 76.0 cm³/mol. The number of benzene rings is 1. The highest BCUT2D eigenvalue weighted by Crippen LogP contribution is 2.15. The van der Waals surface area contributed by atoms with Gasteiger partial charge >= 0.3 is 5.97 Å². The van der Waals surface area contributed by atoms with Gasteiger partial charge in [-0.3, -0.25) is 4.79 Å². The molecule has 0 spiro atoms. The number of methoxy groups -OCH3 is 1. The van der Waals surface area contributed by atoms with Crippen molar-refractivity contribution < 1.29 is 17.9 Å². The van der Waals surface area contributed by atoms with Crippen molar-refractivity contribution in [3.8, 4) is 0 Å². The number of carbonyl (C=O) groups excluding carboxylic acids is 1. The van der Waals surface area contributed by atoms with Crippen molar-refractivity contribution in [1.82, 2.24) is 4.72 Å². The van der Waals surface area contributed by atoms with Crippen LogP contribution in [-0.2, 0) is 26.1 Å². The quantitative estimate of drug-likeness (QED) is 0.762. The number of nitrogens with one attached hydrogen (secondary N) is 1. The van der Waals surface area contributed by atoms with Crippen molar-refractivity contribution in [2.45, 2.75) is 19.4 Å². The van der Waals surface area contributed by atoms with Crippen molar-refractivity contribution in [1.29, 1.82) is 0 Å². The van der Waals surface area contributed by atoms with Gasteiger partial charge in [0, 0.05) is 17.4 Å². The van der Waals surface area contributed by atoms with Crippen molar-refractivity contribution in [2.24, 2.45) is 0 Å². The molecule has 0 aliphatic heterocycles. The van der Waals surface area contributed by atoms with Crippen molar-refractivity contribution in [3.63, 3.8) is 0 Å². The average molecular weight is 350 g/mol. The van der Waals surface area contributed by atoms with Gasteiger partial charge in [-0.25, -0.2) is 13.1 Å². The summed E-state index contributed by atoms with van der Waals surface area (Å²) in [6, 6.07) is 7.38. The molecule has 19 heavy (non-hydrogen) atoms. The number of rotatable bonds is 7. The van der Waals surface area contributed by atoms with Crippen LogP contribution in [0.25, 0.3) is 0 Å². The van der Waals surface area contributed by atoms with E-state index >= 15 is 0 Å². The van der Waals surface area contributed by atoms with E-state index in [0.29, 0.717) is 0 Å². The number of ether oxygens (including phenoxy) is 1. The van der Waals surface area contributed by atoms with Crippen LogP contribution in [0.3, 0.4) is 0 Å². The summed E-state index contributed by atoms with van der Waals surface area (Å²) >= 11 is 3.35. The summed E-state index contributed by atoms with van der Waals surface area (Å²) < 4.78 is 31.2. The standard InChI is InChI=1S/C12H16BrNO4S/c1-18-12(15)7-4-8-19(16,17)14-9-10-5-2-3-6-11(10)13/h2-3,5-6,14H,4,7-9H2,1H3. The summed E-state index contributed by atoms with van der Waals surface area (Å²) in [5.74, 6) is -0.493. The molecule has 0 atom stereocenters. The van der Waals surface area contributed by atoms with E-state index in [1.807, 2.05) is 24.3 Å². The van der Waals surface area contributed by atoms with Crippen molar-refractivity contribution >= 4 is 31.9 Å². The van der Waals surface area contributed by atoms with Crippen LogP contribution in [0.1, 0.15) is 18.4 Å². The Balaban J connectivity index is 2.43. The fourth-order valence-electron chi connectivity index (χ4n) is 1.41. The molecule has 7 heteroatoms. The highest BCUT2D eigenvalue weighted by molar-refractivity contribution is 9.10. The minimum absolute atomic E-state index is 0.0907. The molecule has 0 aromatic heterocycles. The fraction of sp³-hybridized carbons (Fsp3) is 0.417. The third kappa shape index (κ3) is 6.17. The van der Waals surface area contributed by atoms with Crippen LogP contribution in [0, 0.1) is 0 Å². The smallest absolute Gasteiger partial charge is 0.305 e. The Kier molecular flexibility index (Phi) is 6.47. The summed E-state index contributed by atoms with van der Waals surface area (Å²) in [6.07, 6.45) is 0.352. The van der Waals surface area contributed by atoms with E-state index in [-0.39, 0.29) is 25.1 Å². The summed E-state index contributed by atoms with van der Waals surface area (Å²) in [4.78, 5) is 10.9. The topological polar surface area (TPSA) is 72.5 Å². The van der Waals surface area contributed by atoms with E-state index in [0.717, 1.165) is 10.0 Å². The lowest BCUT2D eigenvalue weighted by atomic mass is 10.2. The normalized spacial score (nSPS) is 11.3. The van der Waals surface area contributed by atoms with Crippen molar-refractivity contribution in [2.75, 3.05) is 12.9 Å². The Morgan fingerprint density at radius 1 is 1.37 bits per heavy atom. The molecule has 1 aromatic rings. The predicted octanol–water partition coefficient (Wildman–Crippen LogP) is 1.82. The first-order valence-corrected chi connectivity index (χ1v) is 8.16. The van der Waals surface area contributed by atoms with E-state index in [1.165, 1.54) is 7.11 Å². The van der Waals surface area contributed by atoms with E-state index in [2.05, 4.69) is 25.4 Å². The maximum Gasteiger partial charge on any atom is 0.305 e. The van der Waals surface area contributed by atoms with Crippen LogP contribution >= 0.6 is 15.9 Å². The van der Waals surface area contributed by atoms with Crippen LogP contribution in [0.5, 0.6) is 0 Å². The van der Waals surface area contributed by atoms with E-state index in [1.54, 1.807) is 0 Å². The molecule has 0 aliphatic carbocycles. The van der Waals surface area contributed by atoms with Gasteiger partial charge in [-0.05, 0) is 18.1 Å². The number of esters is 1. The van der Waals surface area contributed by atoms with Gasteiger partial charge in [0.1, 0.15) is 0 Å². The number of sulfonamides is 1. The molecule has 106 valence electrons. The summed E-state index contributed by atoms with van der Waals surface area (Å²) in [7, 11) is -2.10. The third-order valence-corrected chi connectivity index (χ3v) is 4.65. The molecule has 1 aromatic carbocycles. The van der Waals surface area contributed by atoms with Crippen LogP contribution in [-0.4, -0.2) is 27.2 Å². The molecule has 0 radical (unpaired) electrons. The zero-order chi connectivity index (χ0) is 14.3. The largest absolute Gasteiger partial charge is 0.469 e. The number of carbonyl (C=O) groups is 1. The summed E-state index contributed by atoms with van der Waals surface area (Å²) in [5, 5.41) is 0. The lowest BCUT2D eigenvalue weighted by Gasteiger charge is -2.07. The lowest BCUT2D eigenvalue weighted by Crippen LogP contribution is -2.26. The SMILES string of the molecule is COC(=O)CCCS(=O)(=O)NCc1ccccc1Br. The molecule has 1 rings (SSSR count). The van der Waals surface area contributed by atoms with Crippen LogP contribution in [0.15, 0.2) is 28.7 Å². The van der Waals surface area contributed by atoms with Gasteiger partial charge in [0.15, 0.2) is 0 Å². The van der Waals surface area contributed by atoms with Gasteiger partial charge in [-0.2, -0.15) is 0 Å². The second-order valence-corrected chi connectivity index (χ2v) is 6.69. The molecule has 0 bridgehead atoms. The van der Waals surface area contributed by atoms with Crippen LogP contribution < -0.4 is 4.72 Å². The monoisotopic (exact) mass is 349 g/mol. The minimum Gasteiger partial charge on any atom is -0.469 e. The van der Waals surface area contributed by atoms with Crippen LogP contribution in [0.2, 0.25) is 0 Å². The number of halogens is 1. The van der Waals surface area contributed by atoms with Gasteiger partial charge in [0.2, 0.25) is 10.0 Å². The van der Waals surface area contributed by atoms with E-state index in [9.17, 15) is 13.2 Å². The van der Waals surface area contributed by atoms with Gasteiger partial charge in [0.25, 0.3) is 0 Å². The first-order chi connectivity index (χ1) is 8.94. The number of hydrogen-bond acceptors (Lipinski definition) is 4. The van der Waals surface area contributed by atoms with Gasteiger partial charge in [-0.1, -0.05) is 34.1 Å².